The fourth-order valence-corrected chi connectivity index (χ4v) is 3.01. The van der Waals surface area contributed by atoms with Gasteiger partial charge in [0, 0.05) is 16.0 Å². The number of aromatic nitrogens is 4. The SMILES string of the molecule is O=C(O)c1ccnc(-n2cc(I)c3c(Cl)ncnc32)c1. The smallest absolute Gasteiger partial charge is 0.335 e. The topological polar surface area (TPSA) is 80.9 Å². The molecule has 0 aliphatic heterocycles. The molecule has 8 heteroatoms. The van der Waals surface area contributed by atoms with E-state index in [0.717, 1.165) is 8.96 Å². The zero-order valence-electron chi connectivity index (χ0n) is 9.79. The van der Waals surface area contributed by atoms with E-state index in [2.05, 4.69) is 37.5 Å². The summed E-state index contributed by atoms with van der Waals surface area (Å²) in [7, 11) is 0. The molecule has 0 saturated carbocycles. The van der Waals surface area contributed by atoms with Gasteiger partial charge in [-0.1, -0.05) is 11.6 Å². The Balaban J connectivity index is 2.28. The van der Waals surface area contributed by atoms with Crippen molar-refractivity contribution in [2.24, 2.45) is 0 Å². The fraction of sp³-hybridized carbons (Fsp3) is 0. The van der Waals surface area contributed by atoms with E-state index >= 15 is 0 Å². The highest BCUT2D eigenvalue weighted by molar-refractivity contribution is 14.1. The number of carbonyl (C=O) groups is 1. The molecule has 0 aromatic carbocycles. The second-order valence-electron chi connectivity index (χ2n) is 3.92. The van der Waals surface area contributed by atoms with Crippen LogP contribution in [0.3, 0.4) is 0 Å². The Kier molecular flexibility index (Phi) is 3.30. The normalized spacial score (nSPS) is 10.9. The summed E-state index contributed by atoms with van der Waals surface area (Å²) in [6.07, 6.45) is 4.60. The van der Waals surface area contributed by atoms with E-state index in [0.29, 0.717) is 16.6 Å². The Morgan fingerprint density at radius 2 is 2.15 bits per heavy atom. The van der Waals surface area contributed by atoms with Gasteiger partial charge in [-0.15, -0.1) is 0 Å². The number of hydrogen-bond acceptors (Lipinski definition) is 4. The summed E-state index contributed by atoms with van der Waals surface area (Å²) in [6, 6.07) is 2.92. The van der Waals surface area contributed by atoms with Crippen molar-refractivity contribution < 1.29 is 9.90 Å². The van der Waals surface area contributed by atoms with Gasteiger partial charge in [0.05, 0.1) is 10.9 Å². The van der Waals surface area contributed by atoms with Gasteiger partial charge in [-0.25, -0.2) is 19.7 Å². The molecule has 0 radical (unpaired) electrons. The number of pyridine rings is 1. The minimum atomic E-state index is -1.01. The highest BCUT2D eigenvalue weighted by Gasteiger charge is 2.14. The Hall–Kier alpha value is -1.74. The van der Waals surface area contributed by atoms with E-state index < -0.39 is 5.97 Å². The number of carboxylic acids is 1. The lowest BCUT2D eigenvalue weighted by Crippen LogP contribution is -2.02. The van der Waals surface area contributed by atoms with Crippen LogP contribution in [0.4, 0.5) is 0 Å². The van der Waals surface area contributed by atoms with Crippen molar-refractivity contribution in [3.8, 4) is 5.82 Å². The maximum absolute atomic E-state index is 11.0. The summed E-state index contributed by atoms with van der Waals surface area (Å²) in [5.74, 6) is -0.542. The zero-order valence-corrected chi connectivity index (χ0v) is 12.7. The van der Waals surface area contributed by atoms with Crippen LogP contribution in [0.1, 0.15) is 10.4 Å². The van der Waals surface area contributed by atoms with Gasteiger partial charge in [0.1, 0.15) is 17.3 Å². The molecular weight excluding hydrogens is 395 g/mol. The first-order valence-electron chi connectivity index (χ1n) is 5.44. The largest absolute Gasteiger partial charge is 0.478 e. The third-order valence-electron chi connectivity index (χ3n) is 2.73. The van der Waals surface area contributed by atoms with Gasteiger partial charge in [-0.2, -0.15) is 0 Å². The molecule has 3 aromatic heterocycles. The van der Waals surface area contributed by atoms with Crippen LogP contribution >= 0.6 is 34.2 Å². The number of hydrogen-bond donors (Lipinski definition) is 1. The summed E-state index contributed by atoms with van der Waals surface area (Å²) in [6.45, 7) is 0. The standard InChI is InChI=1S/C12H6ClIN4O2/c13-10-9-7(14)4-18(11(9)17-5-16-10)8-3-6(12(19)20)1-2-15-8/h1-5H,(H,19,20). The first-order chi connectivity index (χ1) is 9.58. The van der Waals surface area contributed by atoms with E-state index in [-0.39, 0.29) is 5.56 Å². The van der Waals surface area contributed by atoms with E-state index in [4.69, 9.17) is 16.7 Å². The van der Waals surface area contributed by atoms with E-state index in [1.165, 1.54) is 24.7 Å². The fourth-order valence-electron chi connectivity index (χ4n) is 1.84. The predicted octanol–water partition coefficient (Wildman–Crippen LogP) is 2.77. The molecule has 6 nitrogen and oxygen atoms in total. The predicted molar refractivity (Wildman–Crippen MR) is 81.3 cm³/mol. The molecule has 0 spiro atoms. The van der Waals surface area contributed by atoms with Crippen LogP contribution in [0.15, 0.2) is 30.9 Å². The van der Waals surface area contributed by atoms with Crippen molar-refractivity contribution in [3.63, 3.8) is 0 Å². The summed E-state index contributed by atoms with van der Waals surface area (Å²) in [5.41, 5.74) is 0.747. The molecule has 100 valence electrons. The molecule has 1 N–H and O–H groups in total. The summed E-state index contributed by atoms with van der Waals surface area (Å²) < 4.78 is 2.56. The summed E-state index contributed by atoms with van der Waals surface area (Å²) >= 11 is 8.19. The molecule has 3 heterocycles. The van der Waals surface area contributed by atoms with Crippen molar-refractivity contribution in [1.29, 1.82) is 0 Å². The van der Waals surface area contributed by atoms with Crippen molar-refractivity contribution >= 4 is 51.2 Å². The number of rotatable bonds is 2. The van der Waals surface area contributed by atoms with E-state index in [9.17, 15) is 4.79 Å². The molecule has 0 unspecified atom stereocenters. The lowest BCUT2D eigenvalue weighted by atomic mass is 10.2. The molecule has 0 saturated heterocycles. The van der Waals surface area contributed by atoms with Crippen molar-refractivity contribution in [1.82, 2.24) is 19.5 Å². The monoisotopic (exact) mass is 400 g/mol. The highest BCUT2D eigenvalue weighted by atomic mass is 127. The van der Waals surface area contributed by atoms with Crippen LogP contribution in [0.5, 0.6) is 0 Å². The summed E-state index contributed by atoms with van der Waals surface area (Å²) in [5, 5.41) is 10.1. The minimum Gasteiger partial charge on any atom is -0.478 e. The Morgan fingerprint density at radius 1 is 1.35 bits per heavy atom. The lowest BCUT2D eigenvalue weighted by molar-refractivity contribution is 0.0696. The maximum atomic E-state index is 11.0. The van der Waals surface area contributed by atoms with Gasteiger partial charge < -0.3 is 5.11 Å². The van der Waals surface area contributed by atoms with Gasteiger partial charge in [0.25, 0.3) is 0 Å². The number of carboxylic acid groups (broad SMARTS) is 1. The highest BCUT2D eigenvalue weighted by Crippen LogP contribution is 2.28. The number of halogens is 2. The third kappa shape index (κ3) is 2.12. The Bertz CT molecular complexity index is 833. The second kappa shape index (κ2) is 4.98. The molecule has 0 bridgehead atoms. The number of fused-ring (bicyclic) bond motifs is 1. The third-order valence-corrected chi connectivity index (χ3v) is 3.83. The van der Waals surface area contributed by atoms with Crippen LogP contribution in [-0.2, 0) is 0 Å². The average Bonchev–Trinajstić information content (AvgIpc) is 2.78. The van der Waals surface area contributed by atoms with Gasteiger partial charge in [-0.05, 0) is 34.7 Å². The zero-order chi connectivity index (χ0) is 14.3. The average molecular weight is 401 g/mol. The molecule has 20 heavy (non-hydrogen) atoms. The molecule has 0 amide bonds. The van der Waals surface area contributed by atoms with Crippen LogP contribution in [0, 0.1) is 3.57 Å². The molecule has 0 fully saturated rings. The lowest BCUT2D eigenvalue weighted by Gasteiger charge is -2.04. The summed E-state index contributed by atoms with van der Waals surface area (Å²) in [4.78, 5) is 23.3. The first-order valence-corrected chi connectivity index (χ1v) is 6.90. The number of aromatic carboxylic acids is 1. The maximum Gasteiger partial charge on any atom is 0.335 e. The Morgan fingerprint density at radius 3 is 2.90 bits per heavy atom. The van der Waals surface area contributed by atoms with Crippen LogP contribution < -0.4 is 0 Å². The first kappa shape index (κ1) is 13.3. The van der Waals surface area contributed by atoms with Gasteiger partial charge in [0.2, 0.25) is 0 Å². The van der Waals surface area contributed by atoms with Gasteiger partial charge >= 0.3 is 5.97 Å². The minimum absolute atomic E-state index is 0.159. The molecule has 0 aliphatic carbocycles. The molecule has 0 aliphatic rings. The molecular formula is C12H6ClIN4O2. The second-order valence-corrected chi connectivity index (χ2v) is 5.44. The van der Waals surface area contributed by atoms with Crippen molar-refractivity contribution in [2.45, 2.75) is 0 Å². The number of nitrogens with zero attached hydrogens (tertiary/aromatic N) is 4. The van der Waals surface area contributed by atoms with Crippen LogP contribution in [0.25, 0.3) is 16.9 Å². The molecule has 3 rings (SSSR count). The van der Waals surface area contributed by atoms with Gasteiger partial charge in [-0.3, -0.25) is 4.57 Å². The van der Waals surface area contributed by atoms with E-state index in [1.807, 2.05) is 0 Å². The van der Waals surface area contributed by atoms with Crippen molar-refractivity contribution in [2.75, 3.05) is 0 Å². The van der Waals surface area contributed by atoms with E-state index in [1.54, 1.807) is 10.8 Å². The molecule has 0 atom stereocenters. The Labute approximate surface area is 131 Å². The van der Waals surface area contributed by atoms with Gasteiger partial charge in [0.15, 0.2) is 5.65 Å². The molecule has 3 aromatic rings. The van der Waals surface area contributed by atoms with Crippen LogP contribution in [0.2, 0.25) is 5.15 Å². The van der Waals surface area contributed by atoms with Crippen molar-refractivity contribution in [3.05, 3.63) is 45.1 Å². The quantitative estimate of drug-likeness (QED) is 0.528. The van der Waals surface area contributed by atoms with Crippen LogP contribution in [-0.4, -0.2) is 30.6 Å².